The van der Waals surface area contributed by atoms with Gasteiger partial charge in [-0.15, -0.1) is 0 Å². The summed E-state index contributed by atoms with van der Waals surface area (Å²) in [6.07, 6.45) is -3.09. The minimum Gasteiger partial charge on any atom is -0.339 e. The SMILES string of the molecule is FC(F)(F)c1cc(Cl)cc(Nc2ncc(Cl)cc2Br)c1. The average Bonchev–Trinajstić information content (AvgIpc) is 2.31. The Morgan fingerprint density at radius 1 is 1.05 bits per heavy atom. The molecule has 0 unspecified atom stereocenters. The molecule has 0 aliphatic heterocycles. The van der Waals surface area contributed by atoms with Crippen molar-refractivity contribution in [3.05, 3.63) is 50.5 Å². The van der Waals surface area contributed by atoms with Crippen LogP contribution in [0.4, 0.5) is 24.7 Å². The van der Waals surface area contributed by atoms with Gasteiger partial charge < -0.3 is 5.32 Å². The summed E-state index contributed by atoms with van der Waals surface area (Å²) >= 11 is 14.7. The maximum Gasteiger partial charge on any atom is 0.416 e. The topological polar surface area (TPSA) is 24.9 Å². The third-order valence-electron chi connectivity index (χ3n) is 2.30. The molecule has 0 radical (unpaired) electrons. The van der Waals surface area contributed by atoms with E-state index in [2.05, 4.69) is 26.2 Å². The summed E-state index contributed by atoms with van der Waals surface area (Å²) in [5, 5.41) is 3.14. The molecule has 2 aromatic rings. The van der Waals surface area contributed by atoms with Crippen LogP contribution in [0.25, 0.3) is 0 Å². The second-order valence-corrected chi connectivity index (χ2v) is 5.56. The lowest BCUT2D eigenvalue weighted by molar-refractivity contribution is -0.137. The molecule has 1 N–H and O–H groups in total. The van der Waals surface area contributed by atoms with Crippen molar-refractivity contribution in [2.24, 2.45) is 0 Å². The number of anilines is 2. The van der Waals surface area contributed by atoms with E-state index < -0.39 is 11.7 Å². The van der Waals surface area contributed by atoms with Gasteiger partial charge in [-0.3, -0.25) is 0 Å². The number of alkyl halides is 3. The summed E-state index contributed by atoms with van der Waals surface area (Å²) < 4.78 is 38.6. The van der Waals surface area contributed by atoms with Gasteiger partial charge in [0.05, 0.1) is 15.1 Å². The molecule has 20 heavy (non-hydrogen) atoms. The predicted octanol–water partition coefficient (Wildman–Crippen LogP) is 5.91. The van der Waals surface area contributed by atoms with E-state index in [1.807, 2.05) is 0 Å². The molecule has 0 atom stereocenters. The highest BCUT2D eigenvalue weighted by molar-refractivity contribution is 9.10. The molecule has 0 aliphatic carbocycles. The Labute approximate surface area is 131 Å². The van der Waals surface area contributed by atoms with Crippen LogP contribution in [-0.2, 0) is 6.18 Å². The van der Waals surface area contributed by atoms with Crippen molar-refractivity contribution in [3.8, 4) is 0 Å². The molecule has 0 aliphatic rings. The molecule has 0 spiro atoms. The second-order valence-electron chi connectivity index (χ2n) is 3.84. The Kier molecular flexibility index (Phi) is 4.46. The number of nitrogens with one attached hydrogen (secondary N) is 1. The maximum atomic E-state index is 12.7. The van der Waals surface area contributed by atoms with Crippen LogP contribution in [0.3, 0.4) is 0 Å². The summed E-state index contributed by atoms with van der Waals surface area (Å²) in [5.41, 5.74) is -0.655. The zero-order valence-electron chi connectivity index (χ0n) is 9.60. The molecule has 0 saturated heterocycles. The highest BCUT2D eigenvalue weighted by Crippen LogP contribution is 2.34. The van der Waals surface area contributed by atoms with E-state index in [9.17, 15) is 13.2 Å². The largest absolute Gasteiger partial charge is 0.416 e. The van der Waals surface area contributed by atoms with Gasteiger partial charge in [0.1, 0.15) is 5.82 Å². The third-order valence-corrected chi connectivity index (χ3v) is 3.33. The highest BCUT2D eigenvalue weighted by atomic mass is 79.9. The standard InChI is InChI=1S/C12H6BrCl2F3N2/c13-10-4-8(15)5-19-11(10)20-9-2-6(12(16,17)18)1-7(14)3-9/h1-5H,(H,19,20). The van der Waals surface area contributed by atoms with E-state index in [0.29, 0.717) is 15.3 Å². The monoisotopic (exact) mass is 384 g/mol. The molecule has 2 nitrogen and oxygen atoms in total. The third kappa shape index (κ3) is 3.77. The van der Waals surface area contributed by atoms with E-state index in [4.69, 9.17) is 23.2 Å². The van der Waals surface area contributed by atoms with Gasteiger partial charge in [-0.25, -0.2) is 4.98 Å². The van der Waals surface area contributed by atoms with E-state index in [-0.39, 0.29) is 10.7 Å². The fraction of sp³-hybridized carbons (Fsp3) is 0.0833. The van der Waals surface area contributed by atoms with Crippen molar-refractivity contribution in [3.63, 3.8) is 0 Å². The summed E-state index contributed by atoms with van der Waals surface area (Å²) in [5.74, 6) is 0.338. The van der Waals surface area contributed by atoms with Crippen LogP contribution in [0.5, 0.6) is 0 Å². The van der Waals surface area contributed by atoms with Crippen LogP contribution in [0.1, 0.15) is 5.56 Å². The number of hydrogen-bond acceptors (Lipinski definition) is 2. The lowest BCUT2D eigenvalue weighted by Gasteiger charge is -2.12. The molecule has 1 aromatic carbocycles. The van der Waals surface area contributed by atoms with Crippen LogP contribution in [0, 0.1) is 0 Å². The molecule has 1 aromatic heterocycles. The molecular formula is C12H6BrCl2F3N2. The Balaban J connectivity index is 2.36. The molecule has 0 saturated carbocycles. The Bertz CT molecular complexity index is 647. The smallest absolute Gasteiger partial charge is 0.339 e. The fourth-order valence-electron chi connectivity index (χ4n) is 1.47. The summed E-state index contributed by atoms with van der Waals surface area (Å²) in [7, 11) is 0. The fourth-order valence-corrected chi connectivity index (χ4v) is 2.44. The summed E-state index contributed by atoms with van der Waals surface area (Å²) in [4.78, 5) is 3.98. The summed E-state index contributed by atoms with van der Waals surface area (Å²) in [6, 6.07) is 4.76. The summed E-state index contributed by atoms with van der Waals surface area (Å²) in [6.45, 7) is 0. The number of halogens is 6. The van der Waals surface area contributed by atoms with Gasteiger partial charge in [-0.05, 0) is 40.2 Å². The minimum atomic E-state index is -4.47. The Morgan fingerprint density at radius 3 is 2.35 bits per heavy atom. The van der Waals surface area contributed by atoms with Crippen molar-refractivity contribution in [1.29, 1.82) is 0 Å². The first kappa shape index (κ1) is 15.4. The van der Waals surface area contributed by atoms with E-state index in [1.54, 1.807) is 6.07 Å². The molecular weight excluding hydrogens is 380 g/mol. The zero-order valence-corrected chi connectivity index (χ0v) is 12.7. The molecule has 106 valence electrons. The van der Waals surface area contributed by atoms with Crippen LogP contribution < -0.4 is 5.32 Å². The van der Waals surface area contributed by atoms with Crippen molar-refractivity contribution in [1.82, 2.24) is 4.98 Å². The molecule has 0 bridgehead atoms. The molecule has 2 rings (SSSR count). The number of aromatic nitrogens is 1. The van der Waals surface area contributed by atoms with Gasteiger partial charge in [-0.1, -0.05) is 23.2 Å². The average molecular weight is 386 g/mol. The lowest BCUT2D eigenvalue weighted by Crippen LogP contribution is -2.06. The molecule has 8 heteroatoms. The normalized spacial score (nSPS) is 11.5. The van der Waals surface area contributed by atoms with Gasteiger partial charge in [-0.2, -0.15) is 13.2 Å². The quantitative estimate of drug-likeness (QED) is 0.694. The number of pyridine rings is 1. The number of hydrogen-bond donors (Lipinski definition) is 1. The first-order valence-corrected chi connectivity index (χ1v) is 6.76. The number of rotatable bonds is 2. The van der Waals surface area contributed by atoms with Crippen LogP contribution in [-0.4, -0.2) is 4.98 Å². The van der Waals surface area contributed by atoms with Crippen molar-refractivity contribution in [2.75, 3.05) is 5.32 Å². The first-order valence-electron chi connectivity index (χ1n) is 5.21. The van der Waals surface area contributed by atoms with Crippen molar-refractivity contribution in [2.45, 2.75) is 6.18 Å². The molecule has 0 fully saturated rings. The van der Waals surface area contributed by atoms with Crippen LogP contribution in [0.2, 0.25) is 10.0 Å². The van der Waals surface area contributed by atoms with Gasteiger partial charge in [0, 0.05) is 16.9 Å². The van der Waals surface area contributed by atoms with Gasteiger partial charge in [0.15, 0.2) is 0 Å². The molecule has 1 heterocycles. The lowest BCUT2D eigenvalue weighted by atomic mass is 10.2. The predicted molar refractivity (Wildman–Crippen MR) is 76.7 cm³/mol. The Morgan fingerprint density at radius 2 is 1.75 bits per heavy atom. The van der Waals surface area contributed by atoms with Crippen LogP contribution >= 0.6 is 39.1 Å². The van der Waals surface area contributed by atoms with Crippen molar-refractivity contribution < 1.29 is 13.2 Å². The van der Waals surface area contributed by atoms with Gasteiger partial charge in [0.25, 0.3) is 0 Å². The van der Waals surface area contributed by atoms with Gasteiger partial charge >= 0.3 is 6.18 Å². The van der Waals surface area contributed by atoms with E-state index in [0.717, 1.165) is 12.1 Å². The number of benzene rings is 1. The van der Waals surface area contributed by atoms with E-state index in [1.165, 1.54) is 12.3 Å². The minimum absolute atomic E-state index is 0.0209. The second kappa shape index (κ2) is 5.79. The maximum absolute atomic E-state index is 12.7. The van der Waals surface area contributed by atoms with Crippen LogP contribution in [0.15, 0.2) is 34.9 Å². The zero-order chi connectivity index (χ0) is 14.9. The molecule has 0 amide bonds. The van der Waals surface area contributed by atoms with Crippen molar-refractivity contribution >= 4 is 50.6 Å². The Hall–Kier alpha value is -0.980. The highest BCUT2D eigenvalue weighted by Gasteiger charge is 2.31. The van der Waals surface area contributed by atoms with E-state index >= 15 is 0 Å². The van der Waals surface area contributed by atoms with Gasteiger partial charge in [0.2, 0.25) is 0 Å². The number of nitrogens with zero attached hydrogens (tertiary/aromatic N) is 1. The first-order chi connectivity index (χ1) is 9.25.